The topological polar surface area (TPSA) is 76.5 Å². The highest BCUT2D eigenvalue weighted by Gasteiger charge is 2.19. The van der Waals surface area contributed by atoms with E-state index in [1.165, 1.54) is 22.2 Å². The van der Waals surface area contributed by atoms with Crippen molar-refractivity contribution in [3.8, 4) is 0 Å². The number of thiophene rings is 1. The number of anilines is 2. The van der Waals surface area contributed by atoms with Gasteiger partial charge in [0.15, 0.2) is 0 Å². The average molecular weight is 384 g/mol. The van der Waals surface area contributed by atoms with Crippen LogP contribution in [0.5, 0.6) is 0 Å². The maximum absolute atomic E-state index is 12.7. The van der Waals surface area contributed by atoms with Crippen LogP contribution in [-0.4, -0.2) is 41.8 Å². The number of morpholine rings is 1. The summed E-state index contributed by atoms with van der Waals surface area (Å²) in [5, 5.41) is 3.43. The minimum atomic E-state index is -0.225. The fraction of sp³-hybridized carbons (Fsp3) is 0.316. The first-order chi connectivity index (χ1) is 13.0. The van der Waals surface area contributed by atoms with Crippen molar-refractivity contribution in [2.45, 2.75) is 6.92 Å². The van der Waals surface area contributed by atoms with Gasteiger partial charge in [-0.25, -0.2) is 4.98 Å². The molecule has 4 rings (SSSR count). The minimum absolute atomic E-state index is 0.136. The molecule has 7 nitrogen and oxygen atoms in total. The first-order valence-corrected chi connectivity index (χ1v) is 9.55. The number of rotatable bonds is 3. The normalized spacial score (nSPS) is 14.5. The van der Waals surface area contributed by atoms with E-state index in [-0.39, 0.29) is 11.5 Å². The smallest absolute Gasteiger partial charge is 0.266 e. The summed E-state index contributed by atoms with van der Waals surface area (Å²) < 4.78 is 6.80. The highest BCUT2D eigenvalue weighted by atomic mass is 32.1. The summed E-state index contributed by atoms with van der Waals surface area (Å²) in [6.45, 7) is 5.00. The van der Waals surface area contributed by atoms with Gasteiger partial charge < -0.3 is 19.5 Å². The van der Waals surface area contributed by atoms with E-state index >= 15 is 0 Å². The third-order valence-corrected chi connectivity index (χ3v) is 5.92. The van der Waals surface area contributed by atoms with E-state index < -0.39 is 0 Å². The van der Waals surface area contributed by atoms with Crippen molar-refractivity contribution in [3.05, 3.63) is 51.4 Å². The number of nitrogens with one attached hydrogen (secondary N) is 1. The second kappa shape index (κ2) is 7.13. The average Bonchev–Trinajstić information content (AvgIpc) is 3.03. The Hall–Kier alpha value is -2.71. The largest absolute Gasteiger partial charge is 0.378 e. The Morgan fingerprint density at radius 2 is 1.93 bits per heavy atom. The molecule has 0 spiro atoms. The van der Waals surface area contributed by atoms with Crippen LogP contribution < -0.4 is 15.8 Å². The van der Waals surface area contributed by atoms with E-state index in [9.17, 15) is 9.59 Å². The number of nitrogens with zero attached hydrogens (tertiary/aromatic N) is 3. The van der Waals surface area contributed by atoms with Gasteiger partial charge in [-0.1, -0.05) is 0 Å². The second-order valence-electron chi connectivity index (χ2n) is 6.50. The Labute approximate surface area is 160 Å². The molecular weight excluding hydrogens is 364 g/mol. The first-order valence-electron chi connectivity index (χ1n) is 8.73. The molecule has 1 aliphatic rings. The molecule has 0 atom stereocenters. The summed E-state index contributed by atoms with van der Waals surface area (Å²) in [4.78, 5) is 32.7. The Morgan fingerprint density at radius 3 is 2.63 bits per heavy atom. The van der Waals surface area contributed by atoms with Crippen molar-refractivity contribution in [1.82, 2.24) is 9.55 Å². The van der Waals surface area contributed by atoms with Crippen LogP contribution in [0.2, 0.25) is 0 Å². The van der Waals surface area contributed by atoms with Crippen molar-refractivity contribution in [2.75, 3.05) is 36.5 Å². The SMILES string of the molecule is Cc1c(C(=O)Nc2ccc(N3CCOCC3)cc2)sc2ncn(C)c(=O)c12. The lowest BCUT2D eigenvalue weighted by Crippen LogP contribution is -2.36. The zero-order valence-corrected chi connectivity index (χ0v) is 16.0. The van der Waals surface area contributed by atoms with Crippen molar-refractivity contribution in [1.29, 1.82) is 0 Å². The molecule has 0 unspecified atom stereocenters. The summed E-state index contributed by atoms with van der Waals surface area (Å²) in [6.07, 6.45) is 1.48. The van der Waals surface area contributed by atoms with E-state index in [0.29, 0.717) is 20.7 Å². The van der Waals surface area contributed by atoms with Gasteiger partial charge in [0.25, 0.3) is 11.5 Å². The molecule has 1 aliphatic heterocycles. The Balaban J connectivity index is 1.55. The zero-order chi connectivity index (χ0) is 19.0. The number of fused-ring (bicyclic) bond motifs is 1. The van der Waals surface area contributed by atoms with Gasteiger partial charge in [0.05, 0.1) is 29.8 Å². The number of carbonyl (C=O) groups is 1. The van der Waals surface area contributed by atoms with Crippen molar-refractivity contribution >= 4 is 38.8 Å². The molecule has 2 aromatic heterocycles. The van der Waals surface area contributed by atoms with Gasteiger partial charge in [-0.2, -0.15) is 0 Å². The lowest BCUT2D eigenvalue weighted by Gasteiger charge is -2.28. The molecule has 0 aliphatic carbocycles. The molecule has 27 heavy (non-hydrogen) atoms. The molecule has 1 N–H and O–H groups in total. The summed E-state index contributed by atoms with van der Waals surface area (Å²) >= 11 is 1.24. The molecule has 1 aromatic carbocycles. The van der Waals surface area contributed by atoms with E-state index in [0.717, 1.165) is 37.7 Å². The molecule has 140 valence electrons. The Kier molecular flexibility index (Phi) is 4.67. The van der Waals surface area contributed by atoms with Crippen molar-refractivity contribution in [2.24, 2.45) is 7.05 Å². The lowest BCUT2D eigenvalue weighted by atomic mass is 10.2. The monoisotopic (exact) mass is 384 g/mol. The third-order valence-electron chi connectivity index (χ3n) is 4.72. The predicted octanol–water partition coefficient (Wildman–Crippen LogP) is 2.39. The fourth-order valence-electron chi connectivity index (χ4n) is 3.19. The third kappa shape index (κ3) is 3.33. The number of ether oxygens (including phenoxy) is 1. The second-order valence-corrected chi connectivity index (χ2v) is 7.50. The predicted molar refractivity (Wildman–Crippen MR) is 107 cm³/mol. The quantitative estimate of drug-likeness (QED) is 0.750. The van der Waals surface area contributed by atoms with Crippen LogP contribution in [0.25, 0.3) is 10.2 Å². The number of carbonyl (C=O) groups excluding carboxylic acids is 1. The maximum Gasteiger partial charge on any atom is 0.266 e. The number of aryl methyl sites for hydroxylation is 2. The summed E-state index contributed by atoms with van der Waals surface area (Å²) in [5.41, 5.74) is 2.37. The molecule has 0 radical (unpaired) electrons. The Morgan fingerprint density at radius 1 is 1.22 bits per heavy atom. The van der Waals surface area contributed by atoms with Gasteiger partial charge in [-0.15, -0.1) is 11.3 Å². The molecule has 0 bridgehead atoms. The van der Waals surface area contributed by atoms with E-state index in [1.54, 1.807) is 14.0 Å². The number of aromatic nitrogens is 2. The summed E-state index contributed by atoms with van der Waals surface area (Å²) in [6, 6.07) is 7.78. The van der Waals surface area contributed by atoms with Gasteiger partial charge in [-0.05, 0) is 36.8 Å². The van der Waals surface area contributed by atoms with Gasteiger partial charge >= 0.3 is 0 Å². The highest BCUT2D eigenvalue weighted by Crippen LogP contribution is 2.28. The van der Waals surface area contributed by atoms with Gasteiger partial charge in [0.1, 0.15) is 4.83 Å². The molecule has 1 fully saturated rings. The van der Waals surface area contributed by atoms with Crippen molar-refractivity contribution in [3.63, 3.8) is 0 Å². The highest BCUT2D eigenvalue weighted by molar-refractivity contribution is 7.20. The van der Waals surface area contributed by atoms with E-state index in [4.69, 9.17) is 4.74 Å². The van der Waals surface area contributed by atoms with E-state index in [1.807, 2.05) is 24.3 Å². The fourth-order valence-corrected chi connectivity index (χ4v) is 4.22. The van der Waals surface area contributed by atoms with Gasteiger partial charge in [0.2, 0.25) is 0 Å². The molecule has 0 saturated carbocycles. The van der Waals surface area contributed by atoms with Gasteiger partial charge in [-0.3, -0.25) is 9.59 Å². The first kappa shape index (κ1) is 17.7. The maximum atomic E-state index is 12.7. The number of amides is 1. The van der Waals surface area contributed by atoms with Crippen LogP contribution >= 0.6 is 11.3 Å². The van der Waals surface area contributed by atoms with Crippen LogP contribution in [0.1, 0.15) is 15.2 Å². The molecule has 1 amide bonds. The zero-order valence-electron chi connectivity index (χ0n) is 15.2. The van der Waals surface area contributed by atoms with E-state index in [2.05, 4.69) is 15.2 Å². The molecule has 3 heterocycles. The van der Waals surface area contributed by atoms with Crippen LogP contribution in [0.4, 0.5) is 11.4 Å². The molecule has 8 heteroatoms. The summed E-state index contributed by atoms with van der Waals surface area (Å²) in [5.74, 6) is -0.225. The minimum Gasteiger partial charge on any atom is -0.378 e. The van der Waals surface area contributed by atoms with Crippen LogP contribution in [0, 0.1) is 6.92 Å². The summed E-state index contributed by atoms with van der Waals surface area (Å²) in [7, 11) is 1.65. The number of hydrogen-bond donors (Lipinski definition) is 1. The van der Waals surface area contributed by atoms with Crippen LogP contribution in [-0.2, 0) is 11.8 Å². The molecule has 1 saturated heterocycles. The molecular formula is C19H20N4O3S. The number of benzene rings is 1. The lowest BCUT2D eigenvalue weighted by molar-refractivity contribution is 0.103. The molecule has 3 aromatic rings. The van der Waals surface area contributed by atoms with Crippen molar-refractivity contribution < 1.29 is 9.53 Å². The van der Waals surface area contributed by atoms with Crippen LogP contribution in [0.15, 0.2) is 35.4 Å². The standard InChI is InChI=1S/C19H20N4O3S/c1-12-15-18(20-11-22(2)19(15)25)27-16(12)17(24)21-13-3-5-14(6-4-13)23-7-9-26-10-8-23/h3-6,11H,7-10H2,1-2H3,(H,21,24). The number of hydrogen-bond acceptors (Lipinski definition) is 6. The Bertz CT molecular complexity index is 1050. The van der Waals surface area contributed by atoms with Crippen LogP contribution in [0.3, 0.4) is 0 Å². The van der Waals surface area contributed by atoms with Gasteiger partial charge in [0, 0.05) is 31.5 Å².